The van der Waals surface area contributed by atoms with E-state index in [1.807, 2.05) is 30.3 Å². The van der Waals surface area contributed by atoms with Crippen LogP contribution in [-0.2, 0) is 0 Å². The first-order chi connectivity index (χ1) is 8.43. The summed E-state index contributed by atoms with van der Waals surface area (Å²) < 4.78 is 0. The van der Waals surface area contributed by atoms with E-state index in [-0.39, 0.29) is 0 Å². The van der Waals surface area contributed by atoms with E-state index in [9.17, 15) is 0 Å². The highest BCUT2D eigenvalue weighted by molar-refractivity contribution is 5.53. The molecule has 1 aromatic heterocycles. The average Bonchev–Trinajstić information content (AvgIpc) is 2.90. The minimum Gasteiger partial charge on any atom is -0.307 e. The first kappa shape index (κ1) is 10.5. The van der Waals surface area contributed by atoms with Crippen LogP contribution in [0.2, 0.25) is 0 Å². The number of H-pyrrole nitrogens is 1. The SMILES string of the molecule is c1ccc(-c2n[nH]c([C@@H]3CCCCN3)n2)cc1. The van der Waals surface area contributed by atoms with Gasteiger partial charge < -0.3 is 5.32 Å². The second-order valence-corrected chi connectivity index (χ2v) is 4.41. The van der Waals surface area contributed by atoms with E-state index in [1.165, 1.54) is 12.8 Å². The van der Waals surface area contributed by atoms with Gasteiger partial charge in [-0.3, -0.25) is 5.10 Å². The van der Waals surface area contributed by atoms with Crippen molar-refractivity contribution in [1.29, 1.82) is 0 Å². The van der Waals surface area contributed by atoms with Gasteiger partial charge >= 0.3 is 0 Å². The van der Waals surface area contributed by atoms with Gasteiger partial charge in [-0.25, -0.2) is 4.98 Å². The Morgan fingerprint density at radius 3 is 2.76 bits per heavy atom. The fourth-order valence-electron chi connectivity index (χ4n) is 2.23. The molecule has 1 atom stereocenters. The maximum absolute atomic E-state index is 4.58. The highest BCUT2D eigenvalue weighted by atomic mass is 15.2. The predicted octanol–water partition coefficient (Wildman–Crippen LogP) is 2.29. The van der Waals surface area contributed by atoms with Gasteiger partial charge in [-0.15, -0.1) is 0 Å². The molecule has 4 nitrogen and oxygen atoms in total. The predicted molar refractivity (Wildman–Crippen MR) is 66.4 cm³/mol. The van der Waals surface area contributed by atoms with Crippen molar-refractivity contribution in [3.63, 3.8) is 0 Å². The molecule has 0 unspecified atom stereocenters. The molecule has 1 aliphatic heterocycles. The first-order valence-electron chi connectivity index (χ1n) is 6.14. The molecule has 0 spiro atoms. The Labute approximate surface area is 100 Å². The van der Waals surface area contributed by atoms with Crippen LogP contribution in [0.5, 0.6) is 0 Å². The summed E-state index contributed by atoms with van der Waals surface area (Å²) in [6.45, 7) is 1.08. The normalized spacial score (nSPS) is 20.4. The Hall–Kier alpha value is -1.68. The molecule has 2 N–H and O–H groups in total. The fraction of sp³-hybridized carbons (Fsp3) is 0.385. The molecule has 3 rings (SSSR count). The van der Waals surface area contributed by atoms with E-state index >= 15 is 0 Å². The third-order valence-corrected chi connectivity index (χ3v) is 3.18. The van der Waals surface area contributed by atoms with Gasteiger partial charge in [-0.1, -0.05) is 36.8 Å². The third-order valence-electron chi connectivity index (χ3n) is 3.18. The van der Waals surface area contributed by atoms with Gasteiger partial charge in [0.25, 0.3) is 0 Å². The van der Waals surface area contributed by atoms with Crippen molar-refractivity contribution >= 4 is 0 Å². The molecule has 2 heterocycles. The highest BCUT2D eigenvalue weighted by Gasteiger charge is 2.18. The van der Waals surface area contributed by atoms with Crippen molar-refractivity contribution in [2.24, 2.45) is 0 Å². The lowest BCUT2D eigenvalue weighted by Gasteiger charge is -2.20. The van der Waals surface area contributed by atoms with Crippen LogP contribution in [0.3, 0.4) is 0 Å². The summed E-state index contributed by atoms with van der Waals surface area (Å²) in [5.74, 6) is 1.75. The Morgan fingerprint density at radius 1 is 1.12 bits per heavy atom. The van der Waals surface area contributed by atoms with Crippen LogP contribution in [0.15, 0.2) is 30.3 Å². The van der Waals surface area contributed by atoms with E-state index in [1.54, 1.807) is 0 Å². The summed E-state index contributed by atoms with van der Waals surface area (Å²) in [5.41, 5.74) is 1.06. The van der Waals surface area contributed by atoms with Crippen LogP contribution >= 0.6 is 0 Å². The van der Waals surface area contributed by atoms with Crippen molar-refractivity contribution < 1.29 is 0 Å². The maximum Gasteiger partial charge on any atom is 0.181 e. The number of nitrogens with zero attached hydrogens (tertiary/aromatic N) is 2. The lowest BCUT2D eigenvalue weighted by molar-refractivity contribution is 0.398. The average molecular weight is 228 g/mol. The summed E-state index contributed by atoms with van der Waals surface area (Å²) in [7, 11) is 0. The van der Waals surface area contributed by atoms with Gasteiger partial charge in [0, 0.05) is 5.56 Å². The van der Waals surface area contributed by atoms with Gasteiger partial charge in [0.05, 0.1) is 6.04 Å². The number of hydrogen-bond donors (Lipinski definition) is 2. The molecule has 88 valence electrons. The molecule has 0 aliphatic carbocycles. The molecule has 0 saturated carbocycles. The number of benzene rings is 1. The number of aromatic nitrogens is 3. The van der Waals surface area contributed by atoms with E-state index in [0.717, 1.165) is 30.2 Å². The van der Waals surface area contributed by atoms with E-state index in [2.05, 4.69) is 20.5 Å². The Morgan fingerprint density at radius 2 is 2.00 bits per heavy atom. The van der Waals surface area contributed by atoms with Gasteiger partial charge in [0.15, 0.2) is 5.82 Å². The van der Waals surface area contributed by atoms with Crippen LogP contribution in [0.25, 0.3) is 11.4 Å². The van der Waals surface area contributed by atoms with Crippen LogP contribution in [0.4, 0.5) is 0 Å². The number of piperidine rings is 1. The second-order valence-electron chi connectivity index (χ2n) is 4.41. The standard InChI is InChI=1S/C13H16N4/c1-2-6-10(7-3-1)12-15-13(17-16-12)11-8-4-5-9-14-11/h1-3,6-7,11,14H,4-5,8-9H2,(H,15,16,17)/t11-/m0/s1. The van der Waals surface area contributed by atoms with Crippen molar-refractivity contribution in [1.82, 2.24) is 20.5 Å². The van der Waals surface area contributed by atoms with Crippen molar-refractivity contribution in [2.45, 2.75) is 25.3 Å². The molecule has 1 saturated heterocycles. The van der Waals surface area contributed by atoms with Crippen LogP contribution < -0.4 is 5.32 Å². The van der Waals surface area contributed by atoms with Crippen molar-refractivity contribution in [3.8, 4) is 11.4 Å². The third kappa shape index (κ3) is 2.22. The smallest absolute Gasteiger partial charge is 0.181 e. The van der Waals surface area contributed by atoms with Gasteiger partial charge in [0.1, 0.15) is 5.82 Å². The monoisotopic (exact) mass is 228 g/mol. The molecular weight excluding hydrogens is 212 g/mol. The Kier molecular flexibility index (Phi) is 2.88. The number of aromatic amines is 1. The summed E-state index contributed by atoms with van der Waals surface area (Å²) in [5, 5.41) is 10.8. The van der Waals surface area contributed by atoms with Crippen molar-refractivity contribution in [2.75, 3.05) is 6.54 Å². The zero-order valence-electron chi connectivity index (χ0n) is 9.69. The molecule has 1 aliphatic rings. The number of rotatable bonds is 2. The Bertz CT molecular complexity index is 471. The Balaban J connectivity index is 1.83. The molecule has 17 heavy (non-hydrogen) atoms. The minimum atomic E-state index is 0.341. The molecule has 0 bridgehead atoms. The summed E-state index contributed by atoms with van der Waals surface area (Å²) in [4.78, 5) is 4.58. The number of hydrogen-bond acceptors (Lipinski definition) is 3. The summed E-state index contributed by atoms with van der Waals surface area (Å²) in [6.07, 6.45) is 3.67. The largest absolute Gasteiger partial charge is 0.307 e. The highest BCUT2D eigenvalue weighted by Crippen LogP contribution is 2.22. The van der Waals surface area contributed by atoms with Crippen LogP contribution in [0.1, 0.15) is 31.1 Å². The molecule has 4 heteroatoms. The van der Waals surface area contributed by atoms with E-state index < -0.39 is 0 Å². The first-order valence-corrected chi connectivity index (χ1v) is 6.14. The summed E-state index contributed by atoms with van der Waals surface area (Å²) in [6, 6.07) is 10.4. The summed E-state index contributed by atoms with van der Waals surface area (Å²) >= 11 is 0. The number of nitrogens with one attached hydrogen (secondary N) is 2. The van der Waals surface area contributed by atoms with Gasteiger partial charge in [-0.05, 0) is 19.4 Å². The molecule has 0 radical (unpaired) electrons. The van der Waals surface area contributed by atoms with Crippen molar-refractivity contribution in [3.05, 3.63) is 36.2 Å². The molecule has 1 aromatic carbocycles. The topological polar surface area (TPSA) is 53.6 Å². The van der Waals surface area contributed by atoms with Crippen LogP contribution in [0, 0.1) is 0 Å². The maximum atomic E-state index is 4.58. The van der Waals surface area contributed by atoms with Crippen LogP contribution in [-0.4, -0.2) is 21.7 Å². The molecule has 0 amide bonds. The van der Waals surface area contributed by atoms with Gasteiger partial charge in [-0.2, -0.15) is 5.10 Å². The lowest BCUT2D eigenvalue weighted by atomic mass is 10.0. The fourth-order valence-corrected chi connectivity index (χ4v) is 2.23. The lowest BCUT2D eigenvalue weighted by Crippen LogP contribution is -2.27. The second kappa shape index (κ2) is 4.67. The molecular formula is C13H16N4. The van der Waals surface area contributed by atoms with E-state index in [0.29, 0.717) is 6.04 Å². The quantitative estimate of drug-likeness (QED) is 0.829. The minimum absolute atomic E-state index is 0.341. The zero-order chi connectivity index (χ0) is 11.5. The molecule has 2 aromatic rings. The van der Waals surface area contributed by atoms with E-state index in [4.69, 9.17) is 0 Å². The van der Waals surface area contributed by atoms with Gasteiger partial charge in [0.2, 0.25) is 0 Å². The molecule has 1 fully saturated rings. The zero-order valence-corrected chi connectivity index (χ0v) is 9.69.